The van der Waals surface area contributed by atoms with Gasteiger partial charge in [-0.2, -0.15) is 11.8 Å². The van der Waals surface area contributed by atoms with Crippen molar-refractivity contribution < 1.29 is 24.2 Å². The SMILES string of the molecule is CC(=O)O.CSCC[C@H](N)C(=O)O.Cc1cc(=O)oc2cc(N)ccc12. The number of carboxylic acid groups (broad SMARTS) is 2. The maximum atomic E-state index is 11.0. The van der Waals surface area contributed by atoms with Gasteiger partial charge in [-0.1, -0.05) is 0 Å². The summed E-state index contributed by atoms with van der Waals surface area (Å²) in [7, 11) is 0. The minimum atomic E-state index is -0.913. The first-order chi connectivity index (χ1) is 12.1. The van der Waals surface area contributed by atoms with E-state index < -0.39 is 18.0 Å². The highest BCUT2D eigenvalue weighted by atomic mass is 32.2. The van der Waals surface area contributed by atoms with Crippen LogP contribution in [0.4, 0.5) is 5.69 Å². The van der Waals surface area contributed by atoms with Gasteiger partial charge in [-0.15, -0.1) is 0 Å². The number of hydrogen-bond donors (Lipinski definition) is 4. The molecule has 0 aliphatic carbocycles. The van der Waals surface area contributed by atoms with Gasteiger partial charge in [0.05, 0.1) is 0 Å². The third kappa shape index (κ3) is 9.70. The van der Waals surface area contributed by atoms with Gasteiger partial charge in [0.1, 0.15) is 11.6 Å². The second-order valence-corrected chi connectivity index (χ2v) is 6.23. The molecule has 144 valence electrons. The number of carboxylic acids is 2. The van der Waals surface area contributed by atoms with Crippen molar-refractivity contribution in [2.24, 2.45) is 5.73 Å². The van der Waals surface area contributed by atoms with Crippen LogP contribution in [0.2, 0.25) is 0 Å². The van der Waals surface area contributed by atoms with Crippen LogP contribution in [-0.2, 0) is 9.59 Å². The predicted molar refractivity (Wildman–Crippen MR) is 104 cm³/mol. The standard InChI is InChI=1S/C10H9NO2.C5H11NO2S.C2H4O2/c1-6-4-10(12)13-9-5-7(11)2-3-8(6)9;1-9-3-2-4(6)5(7)8;1-2(3)4/h2-5H,11H2,1H3;4H,2-3,6H2,1H3,(H,7,8);1H3,(H,3,4)/t;4-;/m.0./s1. The molecular formula is C17H24N2O6S. The van der Waals surface area contributed by atoms with Crippen LogP contribution >= 0.6 is 11.8 Å². The molecule has 1 aromatic heterocycles. The van der Waals surface area contributed by atoms with Gasteiger partial charge in [0.25, 0.3) is 5.97 Å². The molecule has 0 aliphatic rings. The minimum absolute atomic E-state index is 0.337. The number of nitrogen functional groups attached to an aromatic ring is 1. The summed E-state index contributed by atoms with van der Waals surface area (Å²) in [4.78, 5) is 30.1. The van der Waals surface area contributed by atoms with Gasteiger partial charge < -0.3 is 26.1 Å². The molecule has 8 nitrogen and oxygen atoms in total. The monoisotopic (exact) mass is 384 g/mol. The van der Waals surface area contributed by atoms with Crippen molar-refractivity contribution in [3.05, 3.63) is 40.2 Å². The highest BCUT2D eigenvalue weighted by Gasteiger charge is 2.09. The van der Waals surface area contributed by atoms with Crippen LogP contribution in [0.1, 0.15) is 18.9 Å². The summed E-state index contributed by atoms with van der Waals surface area (Å²) in [5.41, 5.74) is 12.5. The summed E-state index contributed by atoms with van der Waals surface area (Å²) < 4.78 is 4.99. The van der Waals surface area contributed by atoms with Gasteiger partial charge >= 0.3 is 11.6 Å². The summed E-state index contributed by atoms with van der Waals surface area (Å²) in [5, 5.41) is 16.6. The first-order valence-electron chi connectivity index (χ1n) is 7.55. The quantitative estimate of drug-likeness (QED) is 0.456. The molecule has 0 saturated carbocycles. The summed E-state index contributed by atoms with van der Waals surface area (Å²) in [6.07, 6.45) is 2.48. The molecule has 0 fully saturated rings. The van der Waals surface area contributed by atoms with Crippen LogP contribution in [0.3, 0.4) is 0 Å². The van der Waals surface area contributed by atoms with Crippen molar-refractivity contribution in [1.82, 2.24) is 0 Å². The van der Waals surface area contributed by atoms with E-state index >= 15 is 0 Å². The summed E-state index contributed by atoms with van der Waals surface area (Å²) in [6.45, 7) is 2.95. The largest absolute Gasteiger partial charge is 0.481 e. The van der Waals surface area contributed by atoms with Crippen LogP contribution in [0.5, 0.6) is 0 Å². The minimum Gasteiger partial charge on any atom is -0.481 e. The second-order valence-electron chi connectivity index (χ2n) is 5.25. The van der Waals surface area contributed by atoms with Crippen LogP contribution in [-0.4, -0.2) is 40.2 Å². The average Bonchev–Trinajstić information content (AvgIpc) is 2.51. The molecule has 26 heavy (non-hydrogen) atoms. The normalized spacial score (nSPS) is 10.8. The van der Waals surface area contributed by atoms with Gasteiger partial charge in [-0.3, -0.25) is 9.59 Å². The number of benzene rings is 1. The van der Waals surface area contributed by atoms with E-state index in [2.05, 4.69) is 0 Å². The van der Waals surface area contributed by atoms with Crippen molar-refractivity contribution in [3.63, 3.8) is 0 Å². The molecule has 0 radical (unpaired) electrons. The number of nitrogens with two attached hydrogens (primary N) is 2. The van der Waals surface area contributed by atoms with E-state index in [1.165, 1.54) is 6.07 Å². The van der Waals surface area contributed by atoms with Crippen molar-refractivity contribution in [3.8, 4) is 0 Å². The predicted octanol–water partition coefficient (Wildman–Crippen LogP) is 1.93. The summed E-state index contributed by atoms with van der Waals surface area (Å²) >= 11 is 1.60. The Morgan fingerprint density at radius 3 is 2.35 bits per heavy atom. The van der Waals surface area contributed by atoms with Crippen LogP contribution in [0.25, 0.3) is 11.0 Å². The molecule has 0 saturated heterocycles. The molecule has 0 unspecified atom stereocenters. The van der Waals surface area contributed by atoms with Crippen LogP contribution < -0.4 is 17.1 Å². The maximum Gasteiger partial charge on any atom is 0.336 e. The van der Waals surface area contributed by atoms with Gasteiger partial charge in [0.15, 0.2) is 0 Å². The lowest BCUT2D eigenvalue weighted by Crippen LogP contribution is -2.30. The Hall–Kier alpha value is -2.52. The Balaban J connectivity index is 0.000000421. The number of hydrogen-bond acceptors (Lipinski definition) is 7. The Morgan fingerprint density at radius 1 is 1.27 bits per heavy atom. The van der Waals surface area contributed by atoms with E-state index in [1.807, 2.05) is 19.2 Å². The molecule has 9 heteroatoms. The Labute approximate surface area is 155 Å². The Kier molecular flexibility index (Phi) is 10.8. The van der Waals surface area contributed by atoms with Crippen molar-refractivity contribution >= 4 is 40.4 Å². The lowest BCUT2D eigenvalue weighted by atomic mass is 10.1. The number of rotatable bonds is 4. The molecule has 2 aromatic rings. The van der Waals surface area contributed by atoms with Gasteiger partial charge in [-0.05, 0) is 43.0 Å². The van der Waals surface area contributed by atoms with E-state index in [0.29, 0.717) is 17.7 Å². The fourth-order valence-corrected chi connectivity index (χ4v) is 2.20. The highest BCUT2D eigenvalue weighted by molar-refractivity contribution is 7.98. The molecule has 0 amide bonds. The molecule has 1 aromatic carbocycles. The zero-order chi connectivity index (χ0) is 20.3. The first-order valence-corrected chi connectivity index (χ1v) is 8.94. The lowest BCUT2D eigenvalue weighted by molar-refractivity contribution is -0.138. The number of carbonyl (C=O) groups is 2. The molecule has 0 bridgehead atoms. The fourth-order valence-electron chi connectivity index (χ4n) is 1.71. The number of fused-ring (bicyclic) bond motifs is 1. The molecule has 1 atom stereocenters. The number of aliphatic carboxylic acids is 2. The number of anilines is 1. The molecule has 1 heterocycles. The van der Waals surface area contributed by atoms with E-state index in [0.717, 1.165) is 23.6 Å². The van der Waals surface area contributed by atoms with Gasteiger partial charge in [0, 0.05) is 30.1 Å². The van der Waals surface area contributed by atoms with Crippen molar-refractivity contribution in [2.75, 3.05) is 17.7 Å². The Morgan fingerprint density at radius 2 is 1.85 bits per heavy atom. The van der Waals surface area contributed by atoms with Crippen molar-refractivity contribution in [2.45, 2.75) is 26.3 Å². The lowest BCUT2D eigenvalue weighted by Gasteiger charge is -2.02. The van der Waals surface area contributed by atoms with Crippen LogP contribution in [0, 0.1) is 6.92 Å². The third-order valence-corrected chi connectivity index (χ3v) is 3.57. The molecule has 2 rings (SSSR count). The molecular weight excluding hydrogens is 360 g/mol. The van der Waals surface area contributed by atoms with Crippen LogP contribution in [0.15, 0.2) is 33.5 Å². The first kappa shape index (κ1) is 23.5. The fraction of sp³-hybridized carbons (Fsp3) is 0.353. The number of thioether (sulfide) groups is 1. The number of aryl methyl sites for hydroxylation is 1. The van der Waals surface area contributed by atoms with E-state index in [9.17, 15) is 9.59 Å². The van der Waals surface area contributed by atoms with E-state index in [-0.39, 0.29) is 5.63 Å². The van der Waals surface area contributed by atoms with E-state index in [1.54, 1.807) is 23.9 Å². The Bertz CT molecular complexity index is 786. The van der Waals surface area contributed by atoms with E-state index in [4.69, 9.17) is 30.9 Å². The average molecular weight is 384 g/mol. The van der Waals surface area contributed by atoms with Crippen molar-refractivity contribution in [1.29, 1.82) is 0 Å². The van der Waals surface area contributed by atoms with Gasteiger partial charge in [0.2, 0.25) is 0 Å². The smallest absolute Gasteiger partial charge is 0.336 e. The molecule has 0 spiro atoms. The second kappa shape index (κ2) is 11.9. The molecule has 0 aliphatic heterocycles. The topological polar surface area (TPSA) is 157 Å². The zero-order valence-corrected chi connectivity index (χ0v) is 15.7. The summed E-state index contributed by atoms with van der Waals surface area (Å²) in [6, 6.07) is 6.08. The zero-order valence-electron chi connectivity index (χ0n) is 14.9. The maximum absolute atomic E-state index is 11.0. The van der Waals surface area contributed by atoms with Gasteiger partial charge in [-0.25, -0.2) is 4.79 Å². The summed E-state index contributed by atoms with van der Waals surface area (Å²) in [5.74, 6) is -0.933. The molecule has 6 N–H and O–H groups in total. The third-order valence-electron chi connectivity index (χ3n) is 2.93. The highest BCUT2D eigenvalue weighted by Crippen LogP contribution is 2.18.